The SMILES string of the molecule is C=C(F)C(=O)N1CCN(c2nc(OCC34CCN(C)C3COC4)nc3c2CCN(c2cccc4ccc(F)c(Cl)c24)C3)C[C@@H]1CC#N. The van der Waals surface area contributed by atoms with Gasteiger partial charge in [0.2, 0.25) is 0 Å². The van der Waals surface area contributed by atoms with Crippen LogP contribution in [-0.4, -0.2) is 97.4 Å². The quantitative estimate of drug-likeness (QED) is 0.339. The van der Waals surface area contributed by atoms with Crippen molar-refractivity contribution in [2.75, 3.05) is 69.4 Å². The first-order valence-corrected chi connectivity index (χ1v) is 16.3. The summed E-state index contributed by atoms with van der Waals surface area (Å²) in [5.41, 5.74) is 2.38. The summed E-state index contributed by atoms with van der Waals surface area (Å²) in [6, 6.07) is 11.0. The molecule has 246 valence electrons. The van der Waals surface area contributed by atoms with Crippen LogP contribution in [0.1, 0.15) is 24.1 Å². The van der Waals surface area contributed by atoms with Gasteiger partial charge in [0.15, 0.2) is 5.83 Å². The molecule has 0 spiro atoms. The van der Waals surface area contributed by atoms with E-state index in [-0.39, 0.29) is 35.5 Å². The third-order valence-electron chi connectivity index (χ3n) is 10.2. The maximum Gasteiger partial charge on any atom is 0.318 e. The molecule has 13 heteroatoms. The Bertz CT molecular complexity index is 1790. The van der Waals surface area contributed by atoms with E-state index in [9.17, 15) is 18.8 Å². The lowest BCUT2D eigenvalue weighted by Crippen LogP contribution is -2.55. The molecule has 47 heavy (non-hydrogen) atoms. The topological polar surface area (TPSA) is 98.1 Å². The fourth-order valence-corrected chi connectivity index (χ4v) is 7.95. The van der Waals surface area contributed by atoms with Crippen molar-refractivity contribution in [3.63, 3.8) is 0 Å². The Morgan fingerprint density at radius 3 is 2.87 bits per heavy atom. The minimum absolute atomic E-state index is 0.0375. The summed E-state index contributed by atoms with van der Waals surface area (Å²) in [5, 5.41) is 11.1. The number of amides is 1. The van der Waals surface area contributed by atoms with Crippen molar-refractivity contribution in [1.82, 2.24) is 19.8 Å². The number of carbonyl (C=O) groups is 1. The molecule has 5 heterocycles. The van der Waals surface area contributed by atoms with E-state index in [1.54, 1.807) is 6.07 Å². The molecular formula is C34H36ClF2N7O3. The van der Waals surface area contributed by atoms with Crippen LogP contribution in [0.25, 0.3) is 10.8 Å². The van der Waals surface area contributed by atoms with Crippen LogP contribution in [0.5, 0.6) is 6.01 Å². The molecule has 0 N–H and O–H groups in total. The first-order chi connectivity index (χ1) is 22.7. The van der Waals surface area contributed by atoms with Crippen LogP contribution in [-0.2, 0) is 22.5 Å². The van der Waals surface area contributed by atoms with E-state index >= 15 is 0 Å². The Kier molecular flexibility index (Phi) is 8.40. The fourth-order valence-electron chi connectivity index (χ4n) is 7.68. The summed E-state index contributed by atoms with van der Waals surface area (Å²) >= 11 is 6.51. The van der Waals surface area contributed by atoms with Crippen molar-refractivity contribution in [3.8, 4) is 12.1 Å². The second kappa shape index (κ2) is 12.5. The zero-order valence-electron chi connectivity index (χ0n) is 26.2. The lowest BCUT2D eigenvalue weighted by Gasteiger charge is -2.42. The van der Waals surface area contributed by atoms with Crippen LogP contribution < -0.4 is 14.5 Å². The number of hydrogen-bond donors (Lipinski definition) is 0. The Morgan fingerprint density at radius 1 is 1.21 bits per heavy atom. The van der Waals surface area contributed by atoms with E-state index in [2.05, 4.69) is 29.5 Å². The van der Waals surface area contributed by atoms with E-state index in [0.29, 0.717) is 63.6 Å². The van der Waals surface area contributed by atoms with E-state index in [4.69, 9.17) is 31.0 Å². The highest BCUT2D eigenvalue weighted by atomic mass is 35.5. The highest BCUT2D eigenvalue weighted by molar-refractivity contribution is 6.36. The first-order valence-electron chi connectivity index (χ1n) is 15.9. The molecule has 3 saturated heterocycles. The molecular weight excluding hydrogens is 628 g/mol. The molecule has 1 amide bonds. The number of nitriles is 1. The standard InChI is InChI=1S/C34H36ClF2N7O3/c1-21(36)32(45)44-15-14-43(16-23(44)8-11-38)31-24-9-12-42(27-5-3-4-22-6-7-25(37)30(35)29(22)27)17-26(24)39-33(40-31)47-20-34-10-13-41(2)28(34)18-46-19-34/h3-7,23,28H,1,8-10,12-20H2,2H3/t23-,28?,34?/m0/s1. The van der Waals surface area contributed by atoms with E-state index in [0.717, 1.165) is 35.3 Å². The second-order valence-corrected chi connectivity index (χ2v) is 13.3. The summed E-state index contributed by atoms with van der Waals surface area (Å²) in [4.78, 5) is 30.3. The number of ether oxygens (including phenoxy) is 2. The molecule has 0 radical (unpaired) electrons. The Labute approximate surface area is 277 Å². The Balaban J connectivity index is 1.24. The Morgan fingerprint density at radius 2 is 2.06 bits per heavy atom. The number of likely N-dealkylation sites (tertiary alicyclic amines) is 1. The van der Waals surface area contributed by atoms with Gasteiger partial charge in [0.1, 0.15) is 18.2 Å². The minimum atomic E-state index is -1.05. The van der Waals surface area contributed by atoms with Crippen LogP contribution in [0.3, 0.4) is 0 Å². The summed E-state index contributed by atoms with van der Waals surface area (Å²) in [6.07, 6.45) is 1.57. The van der Waals surface area contributed by atoms with Crippen LogP contribution in [0.15, 0.2) is 42.7 Å². The molecule has 10 nitrogen and oxygen atoms in total. The average Bonchev–Trinajstić information content (AvgIpc) is 3.64. The van der Waals surface area contributed by atoms with Gasteiger partial charge in [0.05, 0.1) is 49.0 Å². The number of anilines is 2. The number of likely N-dealkylation sites (N-methyl/N-ethyl adjacent to an activating group) is 1. The monoisotopic (exact) mass is 663 g/mol. The second-order valence-electron chi connectivity index (χ2n) is 12.9. The zero-order chi connectivity index (χ0) is 32.9. The molecule has 0 bridgehead atoms. The van der Waals surface area contributed by atoms with Gasteiger partial charge < -0.3 is 29.1 Å². The molecule has 4 aliphatic rings. The number of halogens is 3. The summed E-state index contributed by atoms with van der Waals surface area (Å²) < 4.78 is 40.8. The van der Waals surface area contributed by atoms with Gasteiger partial charge in [-0.15, -0.1) is 0 Å². The Hall–Kier alpha value is -4.05. The van der Waals surface area contributed by atoms with Gasteiger partial charge in [-0.25, -0.2) is 8.78 Å². The smallest absolute Gasteiger partial charge is 0.318 e. The van der Waals surface area contributed by atoms with Gasteiger partial charge in [-0.1, -0.05) is 36.4 Å². The molecule has 1 aromatic heterocycles. The first kappa shape index (κ1) is 31.5. The largest absolute Gasteiger partial charge is 0.463 e. The predicted octanol–water partition coefficient (Wildman–Crippen LogP) is 4.50. The van der Waals surface area contributed by atoms with Crippen LogP contribution in [0.4, 0.5) is 20.3 Å². The zero-order valence-corrected chi connectivity index (χ0v) is 27.0. The summed E-state index contributed by atoms with van der Waals surface area (Å²) in [5.74, 6) is -1.64. The van der Waals surface area contributed by atoms with Gasteiger partial charge in [-0.2, -0.15) is 15.2 Å². The van der Waals surface area contributed by atoms with Crippen LogP contribution >= 0.6 is 11.6 Å². The minimum Gasteiger partial charge on any atom is -0.463 e. The van der Waals surface area contributed by atoms with Crippen molar-refractivity contribution < 1.29 is 23.0 Å². The number of fused-ring (bicyclic) bond motifs is 3. The number of hydrogen-bond acceptors (Lipinski definition) is 9. The van der Waals surface area contributed by atoms with E-state index < -0.39 is 23.6 Å². The maximum atomic E-state index is 14.6. The molecule has 2 aromatic carbocycles. The van der Waals surface area contributed by atoms with Crippen LogP contribution in [0.2, 0.25) is 5.02 Å². The normalized spacial score (nSPS) is 24.3. The number of rotatable bonds is 7. The van der Waals surface area contributed by atoms with Crippen LogP contribution in [0, 0.1) is 22.6 Å². The summed E-state index contributed by atoms with van der Waals surface area (Å²) in [7, 11) is 2.11. The van der Waals surface area contributed by atoms with Gasteiger partial charge in [0, 0.05) is 54.3 Å². The highest BCUT2D eigenvalue weighted by Crippen LogP contribution is 2.42. The third-order valence-corrected chi connectivity index (χ3v) is 10.6. The molecule has 7 rings (SSSR count). The van der Waals surface area contributed by atoms with Crippen molar-refractivity contribution in [3.05, 3.63) is 64.8 Å². The van der Waals surface area contributed by atoms with Gasteiger partial charge in [-0.05, 0) is 44.0 Å². The fraction of sp³-hybridized carbons (Fsp3) is 0.471. The van der Waals surface area contributed by atoms with E-state index in [1.807, 2.05) is 23.1 Å². The molecule has 0 aliphatic carbocycles. The number of carbonyl (C=O) groups excluding carboxylic acids is 1. The highest BCUT2D eigenvalue weighted by Gasteiger charge is 2.51. The van der Waals surface area contributed by atoms with Gasteiger partial charge in [-0.3, -0.25) is 4.79 Å². The number of piperazine rings is 1. The van der Waals surface area contributed by atoms with Crippen molar-refractivity contribution in [2.45, 2.75) is 37.9 Å². The van der Waals surface area contributed by atoms with Crippen molar-refractivity contribution >= 4 is 39.8 Å². The molecule has 0 saturated carbocycles. The molecule has 3 aromatic rings. The number of nitrogens with zero attached hydrogens (tertiary/aromatic N) is 7. The molecule has 3 atom stereocenters. The third kappa shape index (κ3) is 5.64. The molecule has 4 aliphatic heterocycles. The van der Waals surface area contributed by atoms with Crippen molar-refractivity contribution in [2.24, 2.45) is 5.41 Å². The average molecular weight is 664 g/mol. The lowest BCUT2D eigenvalue weighted by atomic mass is 9.84. The lowest BCUT2D eigenvalue weighted by molar-refractivity contribution is -0.131. The van der Waals surface area contributed by atoms with Gasteiger partial charge in [0.25, 0.3) is 5.91 Å². The maximum absolute atomic E-state index is 14.6. The van der Waals surface area contributed by atoms with Crippen molar-refractivity contribution in [1.29, 1.82) is 5.26 Å². The van der Waals surface area contributed by atoms with Gasteiger partial charge >= 0.3 is 6.01 Å². The molecule has 2 unspecified atom stereocenters. The number of aromatic nitrogens is 2. The summed E-state index contributed by atoms with van der Waals surface area (Å²) in [6.45, 7) is 7.72. The predicted molar refractivity (Wildman–Crippen MR) is 174 cm³/mol. The molecule has 3 fully saturated rings. The van der Waals surface area contributed by atoms with E-state index in [1.165, 1.54) is 11.0 Å². The number of benzene rings is 2.